The van der Waals surface area contributed by atoms with E-state index in [1.165, 1.54) is 32.1 Å². The predicted octanol–water partition coefficient (Wildman–Crippen LogP) is 3.09. The summed E-state index contributed by atoms with van der Waals surface area (Å²) in [4.78, 5) is 14.4. The summed E-state index contributed by atoms with van der Waals surface area (Å²) in [6, 6.07) is 5.72. The van der Waals surface area contributed by atoms with Crippen LogP contribution in [0, 0.1) is 0 Å². The Morgan fingerprint density at radius 3 is 2.33 bits per heavy atom. The molecule has 0 radical (unpaired) electrons. The lowest BCUT2D eigenvalue weighted by atomic mass is 9.94. The minimum absolute atomic E-state index is 0.220. The fourth-order valence-corrected chi connectivity index (χ4v) is 3.11. The van der Waals surface area contributed by atoms with E-state index in [0.29, 0.717) is 29.8 Å². The number of methoxy groups -OCH3 is 2. The standard InChI is InChI=1S/C18H29N3O3/c1-21(15-7-5-4-6-8-15)10-9-19-18(22)20-14-11-16(23-2)13-17(12-14)24-3/h11-13,15H,4-10H2,1-3H3,(H2,19,20,22). The Morgan fingerprint density at radius 1 is 1.12 bits per heavy atom. The smallest absolute Gasteiger partial charge is 0.319 e. The third kappa shape index (κ3) is 5.60. The quantitative estimate of drug-likeness (QED) is 0.804. The van der Waals surface area contributed by atoms with Crippen molar-refractivity contribution in [3.63, 3.8) is 0 Å². The number of hydrogen-bond donors (Lipinski definition) is 2. The van der Waals surface area contributed by atoms with Crippen molar-refractivity contribution in [2.75, 3.05) is 39.7 Å². The topological polar surface area (TPSA) is 62.8 Å². The number of carbonyl (C=O) groups excluding carboxylic acids is 1. The molecule has 134 valence electrons. The molecule has 24 heavy (non-hydrogen) atoms. The van der Waals surface area contributed by atoms with E-state index in [4.69, 9.17) is 9.47 Å². The number of nitrogens with one attached hydrogen (secondary N) is 2. The zero-order chi connectivity index (χ0) is 17.4. The second-order valence-electron chi connectivity index (χ2n) is 6.25. The molecule has 1 aromatic rings. The van der Waals surface area contributed by atoms with Crippen molar-refractivity contribution in [2.24, 2.45) is 0 Å². The van der Waals surface area contributed by atoms with Crippen LogP contribution in [0.4, 0.5) is 10.5 Å². The first kappa shape index (κ1) is 18.4. The zero-order valence-corrected chi connectivity index (χ0v) is 14.9. The molecular weight excluding hydrogens is 306 g/mol. The molecule has 0 atom stereocenters. The van der Waals surface area contributed by atoms with Gasteiger partial charge in [-0.15, -0.1) is 0 Å². The Balaban J connectivity index is 1.76. The number of anilines is 1. The number of likely N-dealkylation sites (N-methyl/N-ethyl adjacent to an activating group) is 1. The highest BCUT2D eigenvalue weighted by atomic mass is 16.5. The van der Waals surface area contributed by atoms with E-state index in [0.717, 1.165) is 6.54 Å². The average Bonchev–Trinajstić information content (AvgIpc) is 2.61. The van der Waals surface area contributed by atoms with Gasteiger partial charge in [-0.25, -0.2) is 4.79 Å². The molecule has 1 aliphatic carbocycles. The summed E-state index contributed by atoms with van der Waals surface area (Å²) in [5, 5.41) is 5.72. The maximum absolute atomic E-state index is 12.0. The maximum atomic E-state index is 12.0. The van der Waals surface area contributed by atoms with E-state index in [9.17, 15) is 4.79 Å². The lowest BCUT2D eigenvalue weighted by Gasteiger charge is -2.31. The molecular formula is C18H29N3O3. The van der Waals surface area contributed by atoms with Crippen molar-refractivity contribution in [3.05, 3.63) is 18.2 Å². The fraction of sp³-hybridized carbons (Fsp3) is 0.611. The molecule has 0 unspecified atom stereocenters. The third-order valence-corrected chi connectivity index (χ3v) is 4.56. The molecule has 0 aromatic heterocycles. The molecule has 0 aliphatic heterocycles. The molecule has 6 heteroatoms. The Kier molecular flexibility index (Phi) is 7.18. The Bertz CT molecular complexity index is 508. The second-order valence-corrected chi connectivity index (χ2v) is 6.25. The van der Waals surface area contributed by atoms with E-state index in [-0.39, 0.29) is 6.03 Å². The SMILES string of the molecule is COc1cc(NC(=O)NCCN(C)C2CCCCC2)cc(OC)c1. The normalized spacial score (nSPS) is 15.2. The van der Waals surface area contributed by atoms with Gasteiger partial charge < -0.3 is 25.0 Å². The van der Waals surface area contributed by atoms with Gasteiger partial charge in [0.1, 0.15) is 11.5 Å². The van der Waals surface area contributed by atoms with Gasteiger partial charge in [0.05, 0.1) is 14.2 Å². The first-order chi connectivity index (χ1) is 11.6. The van der Waals surface area contributed by atoms with Crippen LogP contribution in [0.2, 0.25) is 0 Å². The minimum atomic E-state index is -0.220. The molecule has 0 saturated heterocycles. The molecule has 1 aliphatic rings. The summed E-state index contributed by atoms with van der Waals surface area (Å²) in [6.07, 6.45) is 6.54. The number of benzene rings is 1. The van der Waals surface area contributed by atoms with Crippen LogP contribution in [-0.4, -0.2) is 51.3 Å². The average molecular weight is 335 g/mol. The van der Waals surface area contributed by atoms with Crippen LogP contribution in [0.3, 0.4) is 0 Å². The number of rotatable bonds is 7. The molecule has 2 N–H and O–H groups in total. The third-order valence-electron chi connectivity index (χ3n) is 4.56. The minimum Gasteiger partial charge on any atom is -0.497 e. The van der Waals surface area contributed by atoms with Crippen molar-refractivity contribution < 1.29 is 14.3 Å². The molecule has 1 fully saturated rings. The van der Waals surface area contributed by atoms with Gasteiger partial charge >= 0.3 is 6.03 Å². The van der Waals surface area contributed by atoms with Gasteiger partial charge in [-0.2, -0.15) is 0 Å². The monoisotopic (exact) mass is 335 g/mol. The van der Waals surface area contributed by atoms with Crippen molar-refractivity contribution in [2.45, 2.75) is 38.1 Å². The molecule has 1 saturated carbocycles. The van der Waals surface area contributed by atoms with Crippen LogP contribution in [0.1, 0.15) is 32.1 Å². The van der Waals surface area contributed by atoms with Crippen LogP contribution >= 0.6 is 0 Å². The molecule has 2 amide bonds. The van der Waals surface area contributed by atoms with E-state index in [1.54, 1.807) is 32.4 Å². The predicted molar refractivity (Wildman–Crippen MR) is 96.1 cm³/mol. The first-order valence-corrected chi connectivity index (χ1v) is 8.60. The number of ether oxygens (including phenoxy) is 2. The van der Waals surface area contributed by atoms with Crippen molar-refractivity contribution in [3.8, 4) is 11.5 Å². The summed E-state index contributed by atoms with van der Waals surface area (Å²) in [5.74, 6) is 1.28. The van der Waals surface area contributed by atoms with Gasteiger partial charge in [0.15, 0.2) is 0 Å². The Morgan fingerprint density at radius 2 is 1.75 bits per heavy atom. The van der Waals surface area contributed by atoms with Crippen LogP contribution in [0.25, 0.3) is 0 Å². The van der Waals surface area contributed by atoms with E-state index >= 15 is 0 Å². The largest absolute Gasteiger partial charge is 0.497 e. The van der Waals surface area contributed by atoms with Crippen LogP contribution in [-0.2, 0) is 0 Å². The number of amides is 2. The number of carbonyl (C=O) groups is 1. The zero-order valence-electron chi connectivity index (χ0n) is 14.9. The maximum Gasteiger partial charge on any atom is 0.319 e. The first-order valence-electron chi connectivity index (χ1n) is 8.60. The highest BCUT2D eigenvalue weighted by Gasteiger charge is 2.17. The van der Waals surface area contributed by atoms with E-state index in [2.05, 4.69) is 22.6 Å². The molecule has 1 aromatic carbocycles. The van der Waals surface area contributed by atoms with Gasteiger partial charge in [0.2, 0.25) is 0 Å². The highest BCUT2D eigenvalue weighted by molar-refractivity contribution is 5.89. The lowest BCUT2D eigenvalue weighted by Crippen LogP contribution is -2.40. The fourth-order valence-electron chi connectivity index (χ4n) is 3.11. The number of hydrogen-bond acceptors (Lipinski definition) is 4. The van der Waals surface area contributed by atoms with Gasteiger partial charge in [0, 0.05) is 43.0 Å². The van der Waals surface area contributed by atoms with Crippen molar-refractivity contribution in [1.82, 2.24) is 10.2 Å². The van der Waals surface area contributed by atoms with E-state index < -0.39 is 0 Å². The summed E-state index contributed by atoms with van der Waals surface area (Å²) < 4.78 is 10.4. The number of nitrogens with zero attached hydrogens (tertiary/aromatic N) is 1. The summed E-state index contributed by atoms with van der Waals surface area (Å²) >= 11 is 0. The molecule has 0 spiro atoms. The van der Waals surface area contributed by atoms with Crippen LogP contribution < -0.4 is 20.1 Å². The Hall–Kier alpha value is -1.95. The second kappa shape index (κ2) is 9.37. The Labute approximate surface area is 144 Å². The molecule has 6 nitrogen and oxygen atoms in total. The molecule has 0 bridgehead atoms. The summed E-state index contributed by atoms with van der Waals surface area (Å²) in [6.45, 7) is 1.49. The van der Waals surface area contributed by atoms with E-state index in [1.807, 2.05) is 0 Å². The molecule has 2 rings (SSSR count). The number of urea groups is 1. The van der Waals surface area contributed by atoms with Crippen molar-refractivity contribution in [1.29, 1.82) is 0 Å². The lowest BCUT2D eigenvalue weighted by molar-refractivity contribution is 0.192. The summed E-state index contributed by atoms with van der Waals surface area (Å²) in [7, 11) is 5.31. The van der Waals surface area contributed by atoms with Gasteiger partial charge in [-0.1, -0.05) is 19.3 Å². The van der Waals surface area contributed by atoms with Crippen molar-refractivity contribution >= 4 is 11.7 Å². The van der Waals surface area contributed by atoms with Crippen LogP contribution in [0.15, 0.2) is 18.2 Å². The molecule has 0 heterocycles. The highest BCUT2D eigenvalue weighted by Crippen LogP contribution is 2.25. The summed E-state index contributed by atoms with van der Waals surface area (Å²) in [5.41, 5.74) is 0.643. The van der Waals surface area contributed by atoms with Gasteiger partial charge in [0.25, 0.3) is 0 Å². The van der Waals surface area contributed by atoms with Gasteiger partial charge in [-0.3, -0.25) is 0 Å². The van der Waals surface area contributed by atoms with Gasteiger partial charge in [-0.05, 0) is 19.9 Å². The van der Waals surface area contributed by atoms with Crippen LogP contribution in [0.5, 0.6) is 11.5 Å².